The molecule has 1 aliphatic carbocycles. The van der Waals surface area contributed by atoms with E-state index in [0.717, 1.165) is 18.8 Å². The van der Waals surface area contributed by atoms with Gasteiger partial charge in [0.15, 0.2) is 0 Å². The molecule has 0 atom stereocenters. The van der Waals surface area contributed by atoms with Crippen LogP contribution in [0.4, 0.5) is 4.79 Å². The number of hydrogen-bond acceptors (Lipinski definition) is 2. The molecule has 17 heavy (non-hydrogen) atoms. The van der Waals surface area contributed by atoms with Gasteiger partial charge >= 0.3 is 6.09 Å². The first-order valence-corrected chi connectivity index (χ1v) is 6.55. The second-order valence-corrected chi connectivity index (χ2v) is 7.45. The summed E-state index contributed by atoms with van der Waals surface area (Å²) >= 11 is 0. The van der Waals surface area contributed by atoms with Crippen molar-refractivity contribution >= 4 is 6.09 Å². The molecular weight excluding hydrogens is 214 g/mol. The predicted molar refractivity (Wildman–Crippen MR) is 70.0 cm³/mol. The number of amides is 1. The van der Waals surface area contributed by atoms with E-state index in [1.807, 2.05) is 20.8 Å². The Hall–Kier alpha value is -0.730. The van der Waals surface area contributed by atoms with Gasteiger partial charge in [0.25, 0.3) is 0 Å². The van der Waals surface area contributed by atoms with Gasteiger partial charge in [-0.05, 0) is 51.4 Å². The minimum atomic E-state index is -0.404. The predicted octanol–water partition coefficient (Wildman–Crippen LogP) is 3.73. The molecule has 0 bridgehead atoms. The van der Waals surface area contributed by atoms with Crippen LogP contribution in [-0.2, 0) is 4.74 Å². The van der Waals surface area contributed by atoms with Crippen LogP contribution in [0.15, 0.2) is 0 Å². The van der Waals surface area contributed by atoms with Crippen LogP contribution in [0.2, 0.25) is 0 Å². The van der Waals surface area contributed by atoms with Crippen LogP contribution in [0.1, 0.15) is 60.8 Å². The molecule has 1 saturated carbocycles. The summed E-state index contributed by atoms with van der Waals surface area (Å²) in [6, 6.07) is 0.317. The summed E-state index contributed by atoms with van der Waals surface area (Å²) in [6.07, 6.45) is 3.14. The Morgan fingerprint density at radius 1 is 1.18 bits per heavy atom. The molecule has 1 aliphatic rings. The van der Waals surface area contributed by atoms with E-state index in [1.165, 1.54) is 6.42 Å². The third kappa shape index (κ3) is 5.94. The standard InChI is InChI=1S/C14H27NO2/c1-13(2,3)9-10-7-11(8-10)15-12(16)17-14(4,5)6/h10-11H,7-9H2,1-6H3,(H,15,16)/t10-,11+. The van der Waals surface area contributed by atoms with E-state index >= 15 is 0 Å². The van der Waals surface area contributed by atoms with Gasteiger partial charge in [-0.2, -0.15) is 0 Å². The number of alkyl carbamates (subject to hydrolysis) is 1. The summed E-state index contributed by atoms with van der Waals surface area (Å²) < 4.78 is 5.23. The summed E-state index contributed by atoms with van der Waals surface area (Å²) in [5.41, 5.74) is -0.0137. The molecular formula is C14H27NO2. The normalized spacial score (nSPS) is 25.1. The summed E-state index contributed by atoms with van der Waals surface area (Å²) in [7, 11) is 0. The average molecular weight is 241 g/mol. The average Bonchev–Trinajstić information content (AvgIpc) is 1.93. The smallest absolute Gasteiger partial charge is 0.407 e. The minimum absolute atomic E-state index is 0.281. The van der Waals surface area contributed by atoms with Crippen molar-refractivity contribution in [3.8, 4) is 0 Å². The molecule has 0 spiro atoms. The zero-order valence-corrected chi connectivity index (χ0v) is 12.1. The maximum absolute atomic E-state index is 11.5. The monoisotopic (exact) mass is 241 g/mol. The van der Waals surface area contributed by atoms with Crippen molar-refractivity contribution in [2.24, 2.45) is 11.3 Å². The second kappa shape index (κ2) is 4.87. The highest BCUT2D eigenvalue weighted by Crippen LogP contribution is 2.37. The molecule has 1 N–H and O–H groups in total. The van der Waals surface area contributed by atoms with Crippen LogP contribution < -0.4 is 5.32 Å². The molecule has 1 fully saturated rings. The molecule has 1 amide bonds. The first-order chi connectivity index (χ1) is 7.55. The van der Waals surface area contributed by atoms with Crippen molar-refractivity contribution in [1.82, 2.24) is 5.32 Å². The first kappa shape index (κ1) is 14.3. The number of hydrogen-bond donors (Lipinski definition) is 1. The summed E-state index contributed by atoms with van der Waals surface area (Å²) in [4.78, 5) is 11.5. The van der Waals surface area contributed by atoms with Gasteiger partial charge < -0.3 is 10.1 Å². The zero-order valence-electron chi connectivity index (χ0n) is 12.1. The fraction of sp³-hybridized carbons (Fsp3) is 0.929. The van der Waals surface area contributed by atoms with E-state index in [2.05, 4.69) is 26.1 Å². The van der Waals surface area contributed by atoms with Crippen molar-refractivity contribution in [2.75, 3.05) is 0 Å². The first-order valence-electron chi connectivity index (χ1n) is 6.55. The number of ether oxygens (including phenoxy) is 1. The maximum atomic E-state index is 11.5. The van der Waals surface area contributed by atoms with E-state index in [-0.39, 0.29) is 6.09 Å². The van der Waals surface area contributed by atoms with Crippen molar-refractivity contribution in [1.29, 1.82) is 0 Å². The lowest BCUT2D eigenvalue weighted by Gasteiger charge is -2.39. The van der Waals surface area contributed by atoms with Crippen molar-refractivity contribution in [3.63, 3.8) is 0 Å². The molecule has 0 aromatic heterocycles. The molecule has 0 heterocycles. The molecule has 1 rings (SSSR count). The van der Waals surface area contributed by atoms with Crippen LogP contribution in [0.25, 0.3) is 0 Å². The van der Waals surface area contributed by atoms with Crippen LogP contribution in [0, 0.1) is 11.3 Å². The second-order valence-electron chi connectivity index (χ2n) is 7.45. The molecule has 3 nitrogen and oxygen atoms in total. The Kier molecular flexibility index (Phi) is 4.11. The van der Waals surface area contributed by atoms with E-state index in [4.69, 9.17) is 4.74 Å². The van der Waals surface area contributed by atoms with Gasteiger partial charge in [0.05, 0.1) is 0 Å². The van der Waals surface area contributed by atoms with Crippen LogP contribution >= 0.6 is 0 Å². The van der Waals surface area contributed by atoms with Crippen LogP contribution in [0.3, 0.4) is 0 Å². The lowest BCUT2D eigenvalue weighted by Crippen LogP contribution is -2.46. The molecule has 100 valence electrons. The molecule has 0 radical (unpaired) electrons. The van der Waals surface area contributed by atoms with Gasteiger partial charge in [0.1, 0.15) is 5.60 Å². The van der Waals surface area contributed by atoms with E-state index < -0.39 is 5.60 Å². The van der Waals surface area contributed by atoms with Crippen LogP contribution in [0.5, 0.6) is 0 Å². The van der Waals surface area contributed by atoms with E-state index in [9.17, 15) is 4.79 Å². The van der Waals surface area contributed by atoms with Crippen molar-refractivity contribution in [3.05, 3.63) is 0 Å². The van der Waals surface area contributed by atoms with Gasteiger partial charge in [-0.1, -0.05) is 20.8 Å². The lowest BCUT2D eigenvalue weighted by molar-refractivity contribution is 0.0436. The van der Waals surface area contributed by atoms with E-state index in [0.29, 0.717) is 11.5 Å². The van der Waals surface area contributed by atoms with Gasteiger partial charge in [0.2, 0.25) is 0 Å². The largest absolute Gasteiger partial charge is 0.444 e. The third-order valence-electron chi connectivity index (χ3n) is 2.86. The Bertz CT molecular complexity index is 267. The molecule has 0 saturated heterocycles. The Labute approximate surface area is 105 Å². The third-order valence-corrected chi connectivity index (χ3v) is 2.86. The SMILES string of the molecule is CC(C)(C)C[C@H]1C[C@@H](NC(=O)OC(C)(C)C)C1. The molecule has 0 unspecified atom stereocenters. The van der Waals surface area contributed by atoms with Crippen molar-refractivity contribution < 1.29 is 9.53 Å². The number of carbonyl (C=O) groups excluding carboxylic acids is 1. The fourth-order valence-corrected chi connectivity index (χ4v) is 2.36. The summed E-state index contributed by atoms with van der Waals surface area (Å²) in [6.45, 7) is 12.5. The van der Waals surface area contributed by atoms with Gasteiger partial charge in [0, 0.05) is 6.04 Å². The van der Waals surface area contributed by atoms with Crippen molar-refractivity contribution in [2.45, 2.75) is 72.4 Å². The van der Waals surface area contributed by atoms with Gasteiger partial charge in [-0.3, -0.25) is 0 Å². The Balaban J connectivity index is 2.19. The Morgan fingerprint density at radius 3 is 2.12 bits per heavy atom. The topological polar surface area (TPSA) is 38.3 Å². The number of nitrogens with one attached hydrogen (secondary N) is 1. The summed E-state index contributed by atoms with van der Waals surface area (Å²) in [5.74, 6) is 0.759. The van der Waals surface area contributed by atoms with Gasteiger partial charge in [-0.25, -0.2) is 4.79 Å². The van der Waals surface area contributed by atoms with Crippen LogP contribution in [-0.4, -0.2) is 17.7 Å². The molecule has 0 aliphatic heterocycles. The number of carbonyl (C=O) groups is 1. The number of rotatable bonds is 2. The molecule has 0 aromatic rings. The highest BCUT2D eigenvalue weighted by atomic mass is 16.6. The maximum Gasteiger partial charge on any atom is 0.407 e. The highest BCUT2D eigenvalue weighted by Gasteiger charge is 2.33. The van der Waals surface area contributed by atoms with Gasteiger partial charge in [-0.15, -0.1) is 0 Å². The molecule has 3 heteroatoms. The quantitative estimate of drug-likeness (QED) is 0.800. The lowest BCUT2D eigenvalue weighted by atomic mass is 9.72. The van der Waals surface area contributed by atoms with E-state index in [1.54, 1.807) is 0 Å². The molecule has 0 aromatic carbocycles. The Morgan fingerprint density at radius 2 is 1.71 bits per heavy atom. The highest BCUT2D eigenvalue weighted by molar-refractivity contribution is 5.68. The fourth-order valence-electron chi connectivity index (χ4n) is 2.36. The summed E-state index contributed by atoms with van der Waals surface area (Å²) in [5, 5.41) is 2.93. The minimum Gasteiger partial charge on any atom is -0.444 e. The zero-order chi connectivity index (χ0) is 13.3.